The topological polar surface area (TPSA) is 43.1 Å². The van der Waals surface area contributed by atoms with Gasteiger partial charge in [-0.3, -0.25) is 4.40 Å². The van der Waals surface area contributed by atoms with Crippen LogP contribution < -0.4 is 0 Å². The summed E-state index contributed by atoms with van der Waals surface area (Å²) in [6.45, 7) is 0. The number of hydrogen-bond donors (Lipinski definition) is 0. The van der Waals surface area contributed by atoms with Crippen molar-refractivity contribution < 1.29 is 0 Å². The molecular weight excluding hydrogens is 260 g/mol. The van der Waals surface area contributed by atoms with Gasteiger partial charge >= 0.3 is 0 Å². The number of benzene rings is 2. The van der Waals surface area contributed by atoms with Gasteiger partial charge in [0.25, 0.3) is 5.78 Å². The maximum absolute atomic E-state index is 4.51. The number of aromatic nitrogens is 4. The van der Waals surface area contributed by atoms with Crippen LogP contribution in [0.25, 0.3) is 28.3 Å². The summed E-state index contributed by atoms with van der Waals surface area (Å²) in [6.07, 6.45) is 3.93. The van der Waals surface area contributed by atoms with Crippen LogP contribution in [0.5, 0.6) is 0 Å². The maximum Gasteiger partial charge on any atom is 0.254 e. The van der Waals surface area contributed by atoms with Crippen LogP contribution >= 0.6 is 0 Å². The summed E-state index contributed by atoms with van der Waals surface area (Å²) in [4.78, 5) is 4.51. The van der Waals surface area contributed by atoms with Crippen molar-refractivity contribution >= 4 is 5.78 Å². The summed E-state index contributed by atoms with van der Waals surface area (Å²) in [5.74, 6) is 0.605. The fourth-order valence-electron chi connectivity index (χ4n) is 2.30. The van der Waals surface area contributed by atoms with Gasteiger partial charge in [-0.15, -0.1) is 10.2 Å². The third-order valence-corrected chi connectivity index (χ3v) is 3.36. The molecule has 0 atom stereocenters. The second kappa shape index (κ2) is 4.83. The molecule has 4 heteroatoms. The van der Waals surface area contributed by atoms with Gasteiger partial charge in [-0.2, -0.15) is 0 Å². The molecule has 4 rings (SSSR count). The maximum atomic E-state index is 4.51. The smallest absolute Gasteiger partial charge is 0.254 e. The summed E-state index contributed by atoms with van der Waals surface area (Å²) < 4.78 is 1.91. The molecule has 21 heavy (non-hydrogen) atoms. The number of fused-ring (bicyclic) bond motifs is 1. The zero-order chi connectivity index (χ0) is 14.1. The van der Waals surface area contributed by atoms with Crippen molar-refractivity contribution in [3.63, 3.8) is 0 Å². The number of hydrogen-bond acceptors (Lipinski definition) is 3. The van der Waals surface area contributed by atoms with Crippen LogP contribution in [-0.4, -0.2) is 19.6 Å². The minimum Gasteiger partial charge on any atom is -0.287 e. The van der Waals surface area contributed by atoms with Crippen LogP contribution in [0.15, 0.2) is 73.1 Å². The molecule has 2 aromatic carbocycles. The Bertz CT molecular complexity index is 845. The average Bonchev–Trinajstić information content (AvgIpc) is 2.99. The predicted octanol–water partition coefficient (Wildman–Crippen LogP) is 3.46. The average molecular weight is 272 g/mol. The molecule has 100 valence electrons. The number of imidazole rings is 1. The van der Waals surface area contributed by atoms with Crippen molar-refractivity contribution in [2.24, 2.45) is 0 Å². The van der Waals surface area contributed by atoms with Gasteiger partial charge < -0.3 is 0 Å². The Kier molecular flexibility index (Phi) is 2.71. The van der Waals surface area contributed by atoms with Gasteiger partial charge in [0.1, 0.15) is 5.69 Å². The van der Waals surface area contributed by atoms with E-state index in [2.05, 4.69) is 15.2 Å². The van der Waals surface area contributed by atoms with Crippen molar-refractivity contribution in [1.82, 2.24) is 19.6 Å². The summed E-state index contributed by atoms with van der Waals surface area (Å²) in [6, 6.07) is 20.1. The first-order chi connectivity index (χ1) is 10.4. The van der Waals surface area contributed by atoms with Crippen LogP contribution in [0.3, 0.4) is 0 Å². The van der Waals surface area contributed by atoms with Crippen molar-refractivity contribution in [3.05, 3.63) is 73.1 Å². The molecule has 4 nitrogen and oxygen atoms in total. The Morgan fingerprint density at radius 1 is 0.619 bits per heavy atom. The Morgan fingerprint density at radius 3 is 1.86 bits per heavy atom. The molecule has 2 heterocycles. The summed E-state index contributed by atoms with van der Waals surface area (Å²) >= 11 is 0. The number of nitrogens with zero attached hydrogens (tertiary/aromatic N) is 4. The minimum absolute atomic E-state index is 0.605. The fourth-order valence-corrected chi connectivity index (χ4v) is 2.30. The lowest BCUT2D eigenvalue weighted by atomic mass is 10.2. The molecular formula is C17H12N4. The van der Waals surface area contributed by atoms with E-state index in [-0.39, 0.29) is 0 Å². The van der Waals surface area contributed by atoms with Crippen molar-refractivity contribution in [2.45, 2.75) is 0 Å². The summed E-state index contributed by atoms with van der Waals surface area (Å²) in [5, 5.41) is 8.46. The van der Waals surface area contributed by atoms with Gasteiger partial charge in [-0.25, -0.2) is 4.98 Å². The molecule has 0 fully saturated rings. The Balaban J connectivity index is 1.82. The van der Waals surface area contributed by atoms with E-state index in [0.29, 0.717) is 5.78 Å². The molecule has 0 bridgehead atoms. The Hall–Kier alpha value is -3.01. The summed E-state index contributed by atoms with van der Waals surface area (Å²) in [5.41, 5.74) is 3.85. The third kappa shape index (κ3) is 2.17. The van der Waals surface area contributed by atoms with E-state index in [1.165, 1.54) is 0 Å². The first-order valence-electron chi connectivity index (χ1n) is 6.73. The van der Waals surface area contributed by atoms with E-state index < -0.39 is 0 Å². The molecule has 0 N–H and O–H groups in total. The van der Waals surface area contributed by atoms with Crippen molar-refractivity contribution in [2.75, 3.05) is 0 Å². The first-order valence-corrected chi connectivity index (χ1v) is 6.73. The Morgan fingerprint density at radius 2 is 1.19 bits per heavy atom. The third-order valence-electron chi connectivity index (χ3n) is 3.36. The summed E-state index contributed by atoms with van der Waals surface area (Å²) in [7, 11) is 0. The molecule has 0 unspecified atom stereocenters. The molecule has 0 spiro atoms. The lowest BCUT2D eigenvalue weighted by molar-refractivity contribution is 0.973. The number of rotatable bonds is 2. The zero-order valence-electron chi connectivity index (χ0n) is 11.2. The molecule has 0 saturated carbocycles. The van der Waals surface area contributed by atoms with Crippen molar-refractivity contribution in [1.29, 1.82) is 0 Å². The fraction of sp³-hybridized carbons (Fsp3) is 0. The standard InChI is InChI=1S/C17H12N4/c1-3-7-13(8-4-1)15-11-21-12-16(19-20-17(21)18-15)14-9-5-2-6-10-14/h1-12H. The van der Waals surface area contributed by atoms with Gasteiger partial charge in [-0.1, -0.05) is 60.7 Å². The van der Waals surface area contributed by atoms with E-state index >= 15 is 0 Å². The van der Waals surface area contributed by atoms with E-state index in [1.54, 1.807) is 0 Å². The van der Waals surface area contributed by atoms with E-state index in [1.807, 2.05) is 77.5 Å². The van der Waals surface area contributed by atoms with Crippen LogP contribution in [0.4, 0.5) is 0 Å². The van der Waals surface area contributed by atoms with Gasteiger partial charge in [0, 0.05) is 23.5 Å². The highest BCUT2D eigenvalue weighted by atomic mass is 15.2. The van der Waals surface area contributed by atoms with Crippen LogP contribution in [0, 0.1) is 0 Å². The highest BCUT2D eigenvalue weighted by molar-refractivity contribution is 5.63. The van der Waals surface area contributed by atoms with Crippen molar-refractivity contribution in [3.8, 4) is 22.5 Å². The van der Waals surface area contributed by atoms with Gasteiger partial charge in [-0.05, 0) is 0 Å². The molecule has 0 saturated heterocycles. The highest BCUT2D eigenvalue weighted by Gasteiger charge is 2.07. The quantitative estimate of drug-likeness (QED) is 0.561. The molecule has 0 radical (unpaired) electrons. The van der Waals surface area contributed by atoms with E-state index in [9.17, 15) is 0 Å². The predicted molar refractivity (Wildman–Crippen MR) is 81.7 cm³/mol. The second-order valence-electron chi connectivity index (χ2n) is 4.78. The molecule has 0 amide bonds. The monoisotopic (exact) mass is 272 g/mol. The van der Waals surface area contributed by atoms with E-state index in [4.69, 9.17) is 0 Å². The second-order valence-corrected chi connectivity index (χ2v) is 4.78. The molecule has 0 aliphatic heterocycles. The SMILES string of the molecule is c1ccc(-c2cn3cc(-c4ccccc4)nc3nn2)cc1. The largest absolute Gasteiger partial charge is 0.287 e. The highest BCUT2D eigenvalue weighted by Crippen LogP contribution is 2.20. The first kappa shape index (κ1) is 11.8. The minimum atomic E-state index is 0.605. The molecule has 0 aliphatic carbocycles. The van der Waals surface area contributed by atoms with Crippen LogP contribution in [0.1, 0.15) is 0 Å². The molecule has 0 aliphatic rings. The van der Waals surface area contributed by atoms with Gasteiger partial charge in [0.05, 0.1) is 5.69 Å². The van der Waals surface area contributed by atoms with Gasteiger partial charge in [0.15, 0.2) is 0 Å². The van der Waals surface area contributed by atoms with Gasteiger partial charge in [0.2, 0.25) is 0 Å². The zero-order valence-corrected chi connectivity index (χ0v) is 11.2. The molecule has 4 aromatic rings. The Labute approximate surface area is 121 Å². The normalized spacial score (nSPS) is 10.9. The van der Waals surface area contributed by atoms with E-state index in [0.717, 1.165) is 22.5 Å². The molecule has 2 aromatic heterocycles. The lowest BCUT2D eigenvalue weighted by Gasteiger charge is -1.99. The van der Waals surface area contributed by atoms with Crippen LogP contribution in [0.2, 0.25) is 0 Å². The lowest BCUT2D eigenvalue weighted by Crippen LogP contribution is -1.94. The van der Waals surface area contributed by atoms with Crippen LogP contribution in [-0.2, 0) is 0 Å².